The molecule has 30 heavy (non-hydrogen) atoms. The Bertz CT molecular complexity index is 1060. The van der Waals surface area contributed by atoms with Crippen LogP contribution in [0.4, 0.5) is 0 Å². The number of fused-ring (bicyclic) bond motifs is 1. The molecule has 2 aliphatic heterocycles. The maximum absolute atomic E-state index is 13.3. The van der Waals surface area contributed by atoms with Gasteiger partial charge in [-0.25, -0.2) is 0 Å². The van der Waals surface area contributed by atoms with Crippen molar-refractivity contribution in [1.29, 1.82) is 0 Å². The SMILES string of the molecule is O=C([C@H]1Cc2ccccc2CN1Cc1nc(-c2ccccc2Cl)no1)N1CCCC1. The standard InChI is InChI=1S/C23H23ClN4O2/c24-19-10-4-3-9-18(19)22-25-21(30-26-22)15-28-14-17-8-2-1-7-16(17)13-20(28)23(29)27-11-5-6-12-27/h1-4,7-10,20H,5-6,11-15H2/t20-/m1/s1. The molecule has 0 unspecified atom stereocenters. The van der Waals surface area contributed by atoms with Crippen molar-refractivity contribution in [3.8, 4) is 11.4 Å². The van der Waals surface area contributed by atoms with E-state index in [1.165, 1.54) is 11.1 Å². The van der Waals surface area contributed by atoms with Gasteiger partial charge in [-0.05, 0) is 42.5 Å². The zero-order valence-corrected chi connectivity index (χ0v) is 17.4. The van der Waals surface area contributed by atoms with Gasteiger partial charge in [-0.3, -0.25) is 9.69 Å². The van der Waals surface area contributed by atoms with Crippen molar-refractivity contribution >= 4 is 17.5 Å². The van der Waals surface area contributed by atoms with Crippen LogP contribution >= 0.6 is 11.6 Å². The van der Waals surface area contributed by atoms with Crippen molar-refractivity contribution in [2.24, 2.45) is 0 Å². The van der Waals surface area contributed by atoms with Crippen molar-refractivity contribution in [3.05, 3.63) is 70.6 Å². The van der Waals surface area contributed by atoms with Crippen LogP contribution in [0.1, 0.15) is 29.9 Å². The molecule has 3 aromatic rings. The van der Waals surface area contributed by atoms with Gasteiger partial charge in [0.2, 0.25) is 17.6 Å². The Morgan fingerprint density at radius 2 is 1.80 bits per heavy atom. The second-order valence-corrected chi connectivity index (χ2v) is 8.32. The van der Waals surface area contributed by atoms with Gasteiger partial charge in [-0.1, -0.05) is 53.2 Å². The second-order valence-electron chi connectivity index (χ2n) is 7.92. The number of carbonyl (C=O) groups is 1. The van der Waals surface area contributed by atoms with E-state index in [1.807, 2.05) is 35.2 Å². The van der Waals surface area contributed by atoms with Crippen LogP contribution in [-0.2, 0) is 24.3 Å². The highest BCUT2D eigenvalue weighted by atomic mass is 35.5. The molecule has 0 bridgehead atoms. The fourth-order valence-electron chi connectivity index (χ4n) is 4.38. The van der Waals surface area contributed by atoms with Crippen molar-refractivity contribution in [2.45, 2.75) is 38.4 Å². The number of likely N-dealkylation sites (tertiary alicyclic amines) is 1. The average molecular weight is 423 g/mol. The number of carbonyl (C=O) groups excluding carboxylic acids is 1. The average Bonchev–Trinajstić information content (AvgIpc) is 3.46. The van der Waals surface area contributed by atoms with Crippen molar-refractivity contribution < 1.29 is 9.32 Å². The highest BCUT2D eigenvalue weighted by Crippen LogP contribution is 2.28. The van der Waals surface area contributed by atoms with Crippen LogP contribution in [0.25, 0.3) is 11.4 Å². The number of halogens is 1. The summed E-state index contributed by atoms with van der Waals surface area (Å²) >= 11 is 6.27. The molecule has 3 heterocycles. The molecule has 0 aliphatic carbocycles. The Morgan fingerprint density at radius 1 is 1.07 bits per heavy atom. The molecule has 2 aromatic carbocycles. The summed E-state index contributed by atoms with van der Waals surface area (Å²) in [5, 5.41) is 4.69. The van der Waals surface area contributed by atoms with E-state index in [0.29, 0.717) is 36.2 Å². The molecule has 6 nitrogen and oxygen atoms in total. The lowest BCUT2D eigenvalue weighted by Gasteiger charge is -2.37. The van der Waals surface area contributed by atoms with Gasteiger partial charge in [0, 0.05) is 25.2 Å². The van der Waals surface area contributed by atoms with Gasteiger partial charge in [0.15, 0.2) is 0 Å². The van der Waals surface area contributed by atoms with Crippen LogP contribution in [-0.4, -0.2) is 45.0 Å². The molecule has 1 amide bonds. The second kappa shape index (κ2) is 8.20. The van der Waals surface area contributed by atoms with Crippen molar-refractivity contribution in [1.82, 2.24) is 19.9 Å². The third kappa shape index (κ3) is 3.73. The van der Waals surface area contributed by atoms with E-state index in [9.17, 15) is 4.79 Å². The van der Waals surface area contributed by atoms with Gasteiger partial charge in [-0.15, -0.1) is 0 Å². The molecule has 154 valence electrons. The molecule has 1 atom stereocenters. The number of aromatic nitrogens is 2. The predicted octanol–water partition coefficient (Wildman–Crippen LogP) is 3.94. The van der Waals surface area contributed by atoms with E-state index in [0.717, 1.165) is 31.5 Å². The summed E-state index contributed by atoms with van der Waals surface area (Å²) in [5.41, 5.74) is 3.23. The summed E-state index contributed by atoms with van der Waals surface area (Å²) in [6, 6.07) is 15.6. The minimum atomic E-state index is -0.214. The molecule has 0 spiro atoms. The minimum Gasteiger partial charge on any atom is -0.341 e. The van der Waals surface area contributed by atoms with E-state index < -0.39 is 0 Å². The van der Waals surface area contributed by atoms with Crippen LogP contribution in [0.15, 0.2) is 53.1 Å². The minimum absolute atomic E-state index is 0.202. The summed E-state index contributed by atoms with van der Waals surface area (Å²) in [7, 11) is 0. The quantitative estimate of drug-likeness (QED) is 0.637. The van der Waals surface area contributed by atoms with Crippen molar-refractivity contribution in [2.75, 3.05) is 13.1 Å². The zero-order chi connectivity index (χ0) is 20.5. The first-order valence-corrected chi connectivity index (χ1v) is 10.7. The maximum atomic E-state index is 13.3. The topological polar surface area (TPSA) is 62.5 Å². The predicted molar refractivity (Wildman–Crippen MR) is 114 cm³/mol. The molecule has 0 N–H and O–H groups in total. The third-order valence-corrected chi connectivity index (χ3v) is 6.30. The lowest BCUT2D eigenvalue weighted by Crippen LogP contribution is -2.50. The Labute approximate surface area is 180 Å². The van der Waals surface area contributed by atoms with Gasteiger partial charge in [0.1, 0.15) is 0 Å². The summed E-state index contributed by atoms with van der Waals surface area (Å²) in [4.78, 5) is 22.0. The molecule has 0 radical (unpaired) electrons. The molecule has 1 fully saturated rings. The van der Waals surface area contributed by atoms with E-state index in [-0.39, 0.29) is 11.9 Å². The monoisotopic (exact) mass is 422 g/mol. The number of amides is 1. The van der Waals surface area contributed by atoms with Gasteiger partial charge < -0.3 is 9.42 Å². The fraction of sp³-hybridized carbons (Fsp3) is 0.348. The number of rotatable bonds is 4. The highest BCUT2D eigenvalue weighted by Gasteiger charge is 2.35. The summed E-state index contributed by atoms with van der Waals surface area (Å²) in [5.74, 6) is 1.16. The molecule has 1 saturated heterocycles. The number of hydrogen-bond acceptors (Lipinski definition) is 5. The fourth-order valence-corrected chi connectivity index (χ4v) is 4.60. The normalized spacial score (nSPS) is 19.1. The first kappa shape index (κ1) is 19.3. The summed E-state index contributed by atoms with van der Waals surface area (Å²) < 4.78 is 5.53. The first-order chi connectivity index (χ1) is 14.7. The third-order valence-electron chi connectivity index (χ3n) is 5.97. The van der Waals surface area contributed by atoms with Gasteiger partial charge in [0.05, 0.1) is 17.6 Å². The Kier molecular flexibility index (Phi) is 5.27. The van der Waals surface area contributed by atoms with E-state index in [2.05, 4.69) is 27.2 Å². The molecule has 7 heteroatoms. The number of benzene rings is 2. The van der Waals surface area contributed by atoms with E-state index in [4.69, 9.17) is 16.1 Å². The maximum Gasteiger partial charge on any atom is 0.241 e. The molecule has 5 rings (SSSR count). The molecular formula is C23H23ClN4O2. The van der Waals surface area contributed by atoms with Crippen LogP contribution < -0.4 is 0 Å². The van der Waals surface area contributed by atoms with E-state index in [1.54, 1.807) is 6.07 Å². The summed E-state index contributed by atoms with van der Waals surface area (Å²) in [6.07, 6.45) is 2.87. The highest BCUT2D eigenvalue weighted by molar-refractivity contribution is 6.33. The van der Waals surface area contributed by atoms with Crippen LogP contribution in [0.2, 0.25) is 5.02 Å². The first-order valence-electron chi connectivity index (χ1n) is 10.4. The molecule has 1 aromatic heterocycles. The summed E-state index contributed by atoms with van der Waals surface area (Å²) in [6.45, 7) is 2.81. The Morgan fingerprint density at radius 3 is 2.60 bits per heavy atom. The van der Waals surface area contributed by atoms with Crippen LogP contribution in [0, 0.1) is 0 Å². The Balaban J connectivity index is 1.41. The lowest BCUT2D eigenvalue weighted by atomic mass is 9.93. The van der Waals surface area contributed by atoms with Crippen molar-refractivity contribution in [3.63, 3.8) is 0 Å². The largest absolute Gasteiger partial charge is 0.341 e. The van der Waals surface area contributed by atoms with Gasteiger partial charge in [-0.2, -0.15) is 4.98 Å². The molecular weight excluding hydrogens is 400 g/mol. The number of nitrogens with zero attached hydrogens (tertiary/aromatic N) is 4. The van der Waals surface area contributed by atoms with Gasteiger partial charge in [0.25, 0.3) is 0 Å². The molecule has 0 saturated carbocycles. The van der Waals surface area contributed by atoms with Crippen LogP contribution in [0.5, 0.6) is 0 Å². The number of hydrogen-bond donors (Lipinski definition) is 0. The van der Waals surface area contributed by atoms with Crippen LogP contribution in [0.3, 0.4) is 0 Å². The zero-order valence-electron chi connectivity index (χ0n) is 16.6. The Hall–Kier alpha value is -2.70. The van der Waals surface area contributed by atoms with Gasteiger partial charge >= 0.3 is 0 Å². The molecule has 2 aliphatic rings. The lowest BCUT2D eigenvalue weighted by molar-refractivity contribution is -0.137. The van der Waals surface area contributed by atoms with E-state index >= 15 is 0 Å². The smallest absolute Gasteiger partial charge is 0.241 e.